The Balaban J connectivity index is 1.52. The maximum atomic E-state index is 12.7. The first-order valence-corrected chi connectivity index (χ1v) is 15.3. The molecule has 0 bridgehead atoms. The topological polar surface area (TPSA) is 297 Å². The van der Waals surface area contributed by atoms with E-state index < -0.39 is 85.7 Å². The maximum absolute atomic E-state index is 12.7. The van der Waals surface area contributed by atoms with E-state index in [2.05, 4.69) is 5.32 Å². The number of nitrogens with two attached hydrogens (primary N) is 5. The van der Waals surface area contributed by atoms with Crippen LogP contribution >= 0.6 is 0 Å². The molecule has 250 valence electrons. The Kier molecular flexibility index (Phi) is 12.7. The highest BCUT2D eigenvalue weighted by atomic mass is 16.7. The minimum Gasteiger partial charge on any atom is -0.394 e. The van der Waals surface area contributed by atoms with Crippen LogP contribution in [0.15, 0.2) is 0 Å². The molecule has 0 aromatic carbocycles. The van der Waals surface area contributed by atoms with Crippen molar-refractivity contribution in [1.82, 2.24) is 5.32 Å². The summed E-state index contributed by atoms with van der Waals surface area (Å²) in [6, 6.07) is -1.96. The highest BCUT2D eigenvalue weighted by molar-refractivity contribution is 5.83. The monoisotopic (exact) mass is 620 g/mol. The van der Waals surface area contributed by atoms with Crippen LogP contribution in [0.1, 0.15) is 38.5 Å². The van der Waals surface area contributed by atoms with Gasteiger partial charge in [-0.25, -0.2) is 0 Å². The summed E-state index contributed by atoms with van der Waals surface area (Å²) in [6.45, 7) is 0.147. The van der Waals surface area contributed by atoms with E-state index in [-0.39, 0.29) is 44.1 Å². The molecule has 0 radical (unpaired) electrons. The van der Waals surface area contributed by atoms with Crippen molar-refractivity contribution in [3.63, 3.8) is 0 Å². The summed E-state index contributed by atoms with van der Waals surface area (Å²) in [6.07, 6.45) is -8.36. The molecular formula is C27H52N6O10. The molecule has 0 amide bonds. The van der Waals surface area contributed by atoms with Crippen LogP contribution in [0, 0.1) is 11.8 Å². The fourth-order valence-corrected chi connectivity index (χ4v) is 6.60. The number of rotatable bonds is 13. The van der Waals surface area contributed by atoms with Gasteiger partial charge in [0, 0.05) is 31.6 Å². The van der Waals surface area contributed by atoms with Gasteiger partial charge in [-0.2, -0.15) is 0 Å². The second kappa shape index (κ2) is 15.6. The molecule has 1 unspecified atom stereocenters. The van der Waals surface area contributed by atoms with Crippen molar-refractivity contribution in [2.45, 2.75) is 124 Å². The predicted octanol–water partition coefficient (Wildman–Crippen LogP) is -5.33. The third-order valence-corrected chi connectivity index (χ3v) is 9.37. The summed E-state index contributed by atoms with van der Waals surface area (Å²) in [4.78, 5) is 12.7. The highest BCUT2D eigenvalue weighted by Crippen LogP contribution is 2.36. The van der Waals surface area contributed by atoms with Gasteiger partial charge in [-0.05, 0) is 50.5 Å². The number of nitrogens with one attached hydrogen (secondary N) is 1. The van der Waals surface area contributed by atoms with Gasteiger partial charge in [0.15, 0.2) is 18.4 Å². The van der Waals surface area contributed by atoms with E-state index in [1.165, 1.54) is 0 Å². The second-order valence-corrected chi connectivity index (χ2v) is 12.6. The number of aliphatic hydroxyl groups is 5. The third-order valence-electron chi connectivity index (χ3n) is 9.37. The van der Waals surface area contributed by atoms with Crippen LogP contribution in [-0.4, -0.2) is 143 Å². The average Bonchev–Trinajstić information content (AvgIpc) is 2.98. The van der Waals surface area contributed by atoms with Crippen LogP contribution in [0.4, 0.5) is 0 Å². The molecule has 2 aliphatic carbocycles. The number of Topliss-reactive ketones (excluding diaryl/α,β-unsaturated/α-hetero) is 1. The zero-order valence-corrected chi connectivity index (χ0v) is 24.5. The Morgan fingerprint density at radius 1 is 0.930 bits per heavy atom. The molecule has 14 atom stereocenters. The minimum atomic E-state index is -1.52. The molecule has 4 rings (SSSR count). The standard InChI is InChI=1S/C27H52N6O10/c28-7-14-1-2-16(33-9-11-3-13(30)4-11)26(40-14)43-25-15(31)5-12(6-17(35)18(36)8-29)24(23(25)39)42-27-22(38)20(32)21(37)19(10-34)41-27/h11-16,18-27,33-34,36-39H,1-10,28-32H2/t11?,12-,13?,14-,15-,16+,18-,19+,20-,21+,22+,23+,24-,25?,26+,27+/m0/s1. The van der Waals surface area contributed by atoms with Gasteiger partial charge in [0.05, 0.1) is 30.9 Å². The number of ether oxygens (including phenoxy) is 4. The van der Waals surface area contributed by atoms with Gasteiger partial charge in [0.25, 0.3) is 0 Å². The maximum Gasteiger partial charge on any atom is 0.186 e. The van der Waals surface area contributed by atoms with Crippen molar-refractivity contribution in [2.24, 2.45) is 40.5 Å². The Bertz CT molecular complexity index is 887. The first kappa shape index (κ1) is 34.9. The SMILES string of the molecule is NC[C@@H]1CC[C@@H](NCC2CC(N)C2)[C@@H](OC2[C@@H](N)C[C@@H](CC(=O)[C@@H](O)CN)[C@H](O[C@H]3O[C@H](CO)[C@@H](O)[C@H](N)[C@H]3O)[C@H]2O)O1. The number of ketones is 1. The van der Waals surface area contributed by atoms with Gasteiger partial charge in [-0.15, -0.1) is 0 Å². The average molecular weight is 621 g/mol. The van der Waals surface area contributed by atoms with Crippen molar-refractivity contribution in [3.05, 3.63) is 0 Å². The normalized spacial score (nSPS) is 46.2. The minimum absolute atomic E-state index is 0.140. The van der Waals surface area contributed by atoms with Crippen molar-refractivity contribution >= 4 is 5.78 Å². The molecule has 43 heavy (non-hydrogen) atoms. The van der Waals surface area contributed by atoms with E-state index in [4.69, 9.17) is 47.6 Å². The summed E-state index contributed by atoms with van der Waals surface area (Å²) in [7, 11) is 0. The summed E-state index contributed by atoms with van der Waals surface area (Å²) < 4.78 is 24.2. The van der Waals surface area contributed by atoms with Crippen LogP contribution < -0.4 is 34.0 Å². The van der Waals surface area contributed by atoms with Crippen LogP contribution in [0.5, 0.6) is 0 Å². The quantitative estimate of drug-likeness (QED) is 0.0916. The fourth-order valence-electron chi connectivity index (χ4n) is 6.60. The summed E-state index contributed by atoms with van der Waals surface area (Å²) in [5, 5.41) is 55.8. The highest BCUT2D eigenvalue weighted by Gasteiger charge is 2.51. The molecular weight excluding hydrogens is 568 g/mol. The Morgan fingerprint density at radius 3 is 2.26 bits per heavy atom. The van der Waals surface area contributed by atoms with Crippen molar-refractivity contribution in [3.8, 4) is 0 Å². The molecule has 16 heteroatoms. The number of aliphatic hydroxyl groups excluding tert-OH is 5. The molecule has 16 nitrogen and oxygen atoms in total. The first-order valence-electron chi connectivity index (χ1n) is 15.3. The zero-order chi connectivity index (χ0) is 31.4. The predicted molar refractivity (Wildman–Crippen MR) is 152 cm³/mol. The zero-order valence-electron chi connectivity index (χ0n) is 24.5. The molecule has 0 spiro atoms. The van der Waals surface area contributed by atoms with Crippen molar-refractivity contribution < 1.29 is 49.3 Å². The molecule has 2 aliphatic heterocycles. The lowest BCUT2D eigenvalue weighted by atomic mass is 9.76. The summed E-state index contributed by atoms with van der Waals surface area (Å²) in [5.74, 6) is -0.836. The summed E-state index contributed by atoms with van der Waals surface area (Å²) in [5.41, 5.74) is 29.8. The van der Waals surface area contributed by atoms with Gasteiger partial charge in [-0.3, -0.25) is 4.79 Å². The largest absolute Gasteiger partial charge is 0.394 e. The van der Waals surface area contributed by atoms with Crippen LogP contribution in [0.2, 0.25) is 0 Å². The van der Waals surface area contributed by atoms with E-state index in [1.54, 1.807) is 0 Å². The molecule has 4 aliphatic rings. The van der Waals surface area contributed by atoms with Crippen LogP contribution in [0.25, 0.3) is 0 Å². The van der Waals surface area contributed by atoms with Crippen molar-refractivity contribution in [1.29, 1.82) is 0 Å². The number of hydrogen-bond donors (Lipinski definition) is 11. The molecule has 4 fully saturated rings. The van der Waals surface area contributed by atoms with E-state index in [0.717, 1.165) is 32.2 Å². The molecule has 2 saturated heterocycles. The van der Waals surface area contributed by atoms with Gasteiger partial charge >= 0.3 is 0 Å². The van der Waals surface area contributed by atoms with Crippen LogP contribution in [-0.2, 0) is 23.7 Å². The Morgan fingerprint density at radius 2 is 1.63 bits per heavy atom. The Labute approximate surface area is 251 Å². The second-order valence-electron chi connectivity index (χ2n) is 12.6. The Hall–Kier alpha value is -0.930. The van der Waals surface area contributed by atoms with Gasteiger partial charge in [0.1, 0.15) is 36.6 Å². The molecule has 2 heterocycles. The van der Waals surface area contributed by atoms with Crippen molar-refractivity contribution in [2.75, 3.05) is 26.2 Å². The van der Waals surface area contributed by atoms with E-state index >= 15 is 0 Å². The first-order chi connectivity index (χ1) is 20.5. The molecule has 2 saturated carbocycles. The van der Waals surface area contributed by atoms with Crippen LogP contribution in [0.3, 0.4) is 0 Å². The molecule has 0 aromatic heterocycles. The summed E-state index contributed by atoms with van der Waals surface area (Å²) >= 11 is 0. The number of carbonyl (C=O) groups is 1. The smallest absolute Gasteiger partial charge is 0.186 e. The fraction of sp³-hybridized carbons (Fsp3) is 0.963. The van der Waals surface area contributed by atoms with E-state index in [9.17, 15) is 30.3 Å². The van der Waals surface area contributed by atoms with Gasteiger partial charge in [-0.1, -0.05) is 0 Å². The number of carbonyl (C=O) groups excluding carboxylic acids is 1. The van der Waals surface area contributed by atoms with E-state index in [0.29, 0.717) is 5.92 Å². The molecule has 16 N–H and O–H groups in total. The number of hydrogen-bond acceptors (Lipinski definition) is 16. The third kappa shape index (κ3) is 8.27. The lowest BCUT2D eigenvalue weighted by molar-refractivity contribution is -0.318. The molecule has 0 aromatic rings. The van der Waals surface area contributed by atoms with Gasteiger partial charge < -0.3 is 78.5 Å². The van der Waals surface area contributed by atoms with E-state index in [1.807, 2.05) is 0 Å². The lowest BCUT2D eigenvalue weighted by Crippen LogP contribution is -2.66. The lowest BCUT2D eigenvalue weighted by Gasteiger charge is -2.48. The van der Waals surface area contributed by atoms with Gasteiger partial charge in [0.2, 0.25) is 0 Å².